The zero-order chi connectivity index (χ0) is 18.2. The minimum Gasteiger partial charge on any atom is -0.322 e. The van der Waals surface area contributed by atoms with Crippen molar-refractivity contribution in [3.63, 3.8) is 0 Å². The number of amides is 1. The average molecular weight is 367 g/mol. The number of benzene rings is 2. The van der Waals surface area contributed by atoms with Crippen LogP contribution in [0.25, 0.3) is 0 Å². The van der Waals surface area contributed by atoms with E-state index in [1.807, 2.05) is 0 Å². The van der Waals surface area contributed by atoms with Crippen molar-refractivity contribution in [2.24, 2.45) is 0 Å². The Morgan fingerprint density at radius 3 is 2.00 bits per heavy atom. The smallest absolute Gasteiger partial charge is 0.289 e. The molecule has 0 saturated heterocycles. The highest BCUT2D eigenvalue weighted by atomic mass is 35.5. The molecule has 0 aromatic heterocycles. The number of hydrogen-bond donors (Lipinski definition) is 1. The van der Waals surface area contributed by atoms with E-state index < -0.39 is 51.2 Å². The Kier molecular flexibility index (Phi) is 4.69. The average Bonchev–Trinajstić information content (AvgIpc) is 2.52. The molecule has 1 amide bonds. The largest absolute Gasteiger partial charge is 0.322 e. The van der Waals surface area contributed by atoms with Gasteiger partial charge in [-0.25, -0.2) is 22.0 Å². The van der Waals surface area contributed by atoms with Gasteiger partial charge in [-0.3, -0.25) is 14.9 Å². The Labute approximate surface area is 134 Å². The highest BCUT2D eigenvalue weighted by molar-refractivity contribution is 6.32. The van der Waals surface area contributed by atoms with E-state index in [0.29, 0.717) is 0 Å². The van der Waals surface area contributed by atoms with Crippen LogP contribution in [0.15, 0.2) is 18.2 Å². The van der Waals surface area contributed by atoms with E-state index >= 15 is 0 Å². The van der Waals surface area contributed by atoms with Crippen molar-refractivity contribution in [1.29, 1.82) is 0 Å². The van der Waals surface area contributed by atoms with Gasteiger partial charge in [-0.1, -0.05) is 11.6 Å². The van der Waals surface area contributed by atoms with Gasteiger partial charge in [0.2, 0.25) is 5.82 Å². The molecule has 11 heteroatoms. The van der Waals surface area contributed by atoms with Crippen LogP contribution in [0, 0.1) is 39.2 Å². The van der Waals surface area contributed by atoms with Crippen molar-refractivity contribution in [2.45, 2.75) is 0 Å². The fraction of sp³-hybridized carbons (Fsp3) is 0. The molecule has 0 aliphatic heterocycles. The summed E-state index contributed by atoms with van der Waals surface area (Å²) in [6.07, 6.45) is 0. The van der Waals surface area contributed by atoms with Crippen molar-refractivity contribution in [1.82, 2.24) is 0 Å². The van der Waals surface area contributed by atoms with E-state index in [0.717, 1.165) is 18.2 Å². The van der Waals surface area contributed by atoms with Gasteiger partial charge in [0.25, 0.3) is 11.6 Å². The van der Waals surface area contributed by atoms with Crippen LogP contribution in [0.2, 0.25) is 5.02 Å². The van der Waals surface area contributed by atoms with Gasteiger partial charge in [0.15, 0.2) is 23.3 Å². The maximum Gasteiger partial charge on any atom is 0.289 e. The first-order valence-corrected chi connectivity index (χ1v) is 6.29. The van der Waals surface area contributed by atoms with Crippen molar-refractivity contribution >= 4 is 28.9 Å². The molecule has 1 N–H and O–H groups in total. The van der Waals surface area contributed by atoms with E-state index in [1.165, 1.54) is 0 Å². The molecule has 0 bridgehead atoms. The summed E-state index contributed by atoms with van der Waals surface area (Å²) in [4.78, 5) is 21.6. The number of nitro benzene ring substituents is 1. The number of carbonyl (C=O) groups is 1. The number of nitrogens with zero attached hydrogens (tertiary/aromatic N) is 1. The Bertz CT molecular complexity index is 846. The molecule has 5 nitrogen and oxygen atoms in total. The highest BCUT2D eigenvalue weighted by Gasteiger charge is 2.30. The van der Waals surface area contributed by atoms with E-state index in [9.17, 15) is 36.9 Å². The van der Waals surface area contributed by atoms with Crippen LogP contribution in [0.1, 0.15) is 10.4 Å². The van der Waals surface area contributed by atoms with Gasteiger partial charge in [0, 0.05) is 11.8 Å². The molecule has 0 aliphatic carbocycles. The van der Waals surface area contributed by atoms with Gasteiger partial charge in [0.1, 0.15) is 10.6 Å². The van der Waals surface area contributed by atoms with Crippen LogP contribution in [0.4, 0.5) is 33.3 Å². The summed E-state index contributed by atoms with van der Waals surface area (Å²) in [7, 11) is 0. The number of hydrogen-bond acceptors (Lipinski definition) is 3. The van der Waals surface area contributed by atoms with E-state index in [4.69, 9.17) is 11.6 Å². The summed E-state index contributed by atoms with van der Waals surface area (Å²) < 4.78 is 66.1. The summed E-state index contributed by atoms with van der Waals surface area (Å²) in [5.74, 6) is -13.3. The zero-order valence-electron chi connectivity index (χ0n) is 11.2. The second-order valence-electron chi connectivity index (χ2n) is 4.32. The van der Waals surface area contributed by atoms with E-state index in [-0.39, 0.29) is 10.7 Å². The number of nitro groups is 1. The molecule has 0 unspecified atom stereocenters. The molecule has 2 rings (SSSR count). The first-order valence-electron chi connectivity index (χ1n) is 5.91. The zero-order valence-corrected chi connectivity index (χ0v) is 11.9. The minimum absolute atomic E-state index is 0.283. The Morgan fingerprint density at radius 1 is 1.00 bits per heavy atom. The fourth-order valence-electron chi connectivity index (χ4n) is 1.73. The van der Waals surface area contributed by atoms with Crippen molar-refractivity contribution in [3.8, 4) is 0 Å². The lowest BCUT2D eigenvalue weighted by atomic mass is 10.1. The molecule has 24 heavy (non-hydrogen) atoms. The molecule has 0 radical (unpaired) electrons. The van der Waals surface area contributed by atoms with Gasteiger partial charge in [-0.15, -0.1) is 0 Å². The molecule has 126 valence electrons. The maximum absolute atomic E-state index is 13.5. The van der Waals surface area contributed by atoms with Crippen LogP contribution < -0.4 is 5.32 Å². The Morgan fingerprint density at radius 2 is 1.50 bits per heavy atom. The second-order valence-corrected chi connectivity index (χ2v) is 4.73. The van der Waals surface area contributed by atoms with Crippen LogP contribution in [-0.4, -0.2) is 10.8 Å². The standard InChI is InChI=1S/C13H4ClF5N2O3/c14-5-2-1-4(3-6(5)21(23)24)20-13(22)7-8(15)10(17)12(19)11(18)9(7)16/h1-3H,(H,20,22). The predicted octanol–water partition coefficient (Wildman–Crippen LogP) is 4.20. The van der Waals surface area contributed by atoms with Crippen molar-refractivity contribution in [2.75, 3.05) is 5.32 Å². The Balaban J connectivity index is 2.45. The summed E-state index contributed by atoms with van der Waals surface area (Å²) in [6, 6.07) is 2.80. The van der Waals surface area contributed by atoms with Gasteiger partial charge >= 0.3 is 0 Å². The molecule has 0 saturated carbocycles. The number of nitrogens with one attached hydrogen (secondary N) is 1. The number of halogens is 6. The summed E-state index contributed by atoms with van der Waals surface area (Å²) in [5, 5.41) is 12.2. The predicted molar refractivity (Wildman–Crippen MR) is 72.3 cm³/mol. The molecule has 0 heterocycles. The highest BCUT2D eigenvalue weighted by Crippen LogP contribution is 2.28. The van der Waals surface area contributed by atoms with Crippen LogP contribution in [0.5, 0.6) is 0 Å². The SMILES string of the molecule is O=C(Nc1ccc(Cl)c([N+](=O)[O-])c1)c1c(F)c(F)c(F)c(F)c1F. The molecule has 2 aromatic carbocycles. The topological polar surface area (TPSA) is 72.2 Å². The third-order valence-electron chi connectivity index (χ3n) is 2.84. The Hall–Kier alpha value is -2.75. The molecule has 0 fully saturated rings. The molecular formula is C13H4ClF5N2O3. The monoisotopic (exact) mass is 366 g/mol. The van der Waals surface area contributed by atoms with E-state index in [1.54, 1.807) is 5.32 Å². The molecule has 0 aliphatic rings. The maximum atomic E-state index is 13.5. The van der Waals surface area contributed by atoms with Gasteiger partial charge in [0.05, 0.1) is 4.92 Å². The van der Waals surface area contributed by atoms with Gasteiger partial charge in [-0.05, 0) is 12.1 Å². The molecular weight excluding hydrogens is 363 g/mol. The number of carbonyl (C=O) groups excluding carboxylic acids is 1. The first kappa shape index (κ1) is 17.6. The number of anilines is 1. The molecule has 2 aromatic rings. The van der Waals surface area contributed by atoms with Crippen LogP contribution in [0.3, 0.4) is 0 Å². The van der Waals surface area contributed by atoms with Crippen LogP contribution in [-0.2, 0) is 0 Å². The van der Waals surface area contributed by atoms with E-state index in [2.05, 4.69) is 0 Å². The third-order valence-corrected chi connectivity index (χ3v) is 3.16. The third kappa shape index (κ3) is 3.00. The lowest BCUT2D eigenvalue weighted by molar-refractivity contribution is -0.384. The van der Waals surface area contributed by atoms with Crippen molar-refractivity contribution < 1.29 is 31.7 Å². The van der Waals surface area contributed by atoms with Gasteiger partial charge in [-0.2, -0.15) is 0 Å². The summed E-state index contributed by atoms with van der Waals surface area (Å²) >= 11 is 5.54. The quantitative estimate of drug-likeness (QED) is 0.291. The lowest BCUT2D eigenvalue weighted by Crippen LogP contribution is -2.19. The normalized spacial score (nSPS) is 10.6. The molecule has 0 spiro atoms. The molecule has 0 atom stereocenters. The first-order chi connectivity index (χ1) is 11.1. The number of rotatable bonds is 3. The van der Waals surface area contributed by atoms with Gasteiger partial charge < -0.3 is 5.32 Å². The fourth-order valence-corrected chi connectivity index (χ4v) is 1.91. The van der Waals surface area contributed by atoms with Crippen molar-refractivity contribution in [3.05, 3.63) is 68.0 Å². The van der Waals surface area contributed by atoms with Crippen LogP contribution >= 0.6 is 11.6 Å². The summed E-state index contributed by atoms with van der Waals surface area (Å²) in [6.45, 7) is 0. The summed E-state index contributed by atoms with van der Waals surface area (Å²) in [5.41, 5.74) is -2.68. The minimum atomic E-state index is -2.41. The lowest BCUT2D eigenvalue weighted by Gasteiger charge is -2.09. The second kappa shape index (κ2) is 6.40.